The molecule has 0 saturated heterocycles. The van der Waals surface area contributed by atoms with Gasteiger partial charge in [-0.05, 0) is 0 Å². The summed E-state index contributed by atoms with van der Waals surface area (Å²) in [5.74, 6) is -0.402. The second-order valence-corrected chi connectivity index (χ2v) is 2.19. The van der Waals surface area contributed by atoms with Gasteiger partial charge in [-0.1, -0.05) is 0 Å². The van der Waals surface area contributed by atoms with Crippen molar-refractivity contribution in [3.8, 4) is 0 Å². The number of aliphatic hydroxyl groups is 1. The monoisotopic (exact) mass is 214 g/mol. The van der Waals surface area contributed by atoms with Gasteiger partial charge in [0.2, 0.25) is 6.41 Å². The third-order valence-corrected chi connectivity index (χ3v) is 1.15. The van der Waals surface area contributed by atoms with Gasteiger partial charge in [-0.25, -0.2) is 0 Å². The summed E-state index contributed by atoms with van der Waals surface area (Å²) in [4.78, 5) is 20.6. The van der Waals surface area contributed by atoms with Crippen molar-refractivity contribution < 1.29 is 19.4 Å². The molecule has 14 heavy (non-hydrogen) atoms. The normalized spacial score (nSPS) is 8.64. The van der Waals surface area contributed by atoms with Gasteiger partial charge in [0.25, 0.3) is 0 Å². The summed E-state index contributed by atoms with van der Waals surface area (Å²) >= 11 is 0. The molecule has 0 fully saturated rings. The summed E-state index contributed by atoms with van der Waals surface area (Å²) in [7, 11) is 0. The molecule has 0 unspecified atom stereocenters. The molecule has 0 radical (unpaired) electrons. The maximum absolute atomic E-state index is 10.8. The van der Waals surface area contributed by atoms with Crippen molar-refractivity contribution in [1.82, 2.24) is 10.6 Å². The van der Waals surface area contributed by atoms with Crippen LogP contribution in [0.4, 0.5) is 0 Å². The Hall–Kier alpha value is -0.140. The van der Waals surface area contributed by atoms with E-state index in [4.69, 9.17) is 5.11 Å². The fraction of sp³-hybridized carbons (Fsp3) is 0.714. The Balaban J connectivity index is 0. The van der Waals surface area contributed by atoms with Crippen LogP contribution in [-0.4, -0.2) is 79.9 Å². The topological polar surface area (TPSA) is 87.7 Å². The van der Waals surface area contributed by atoms with Gasteiger partial charge in [-0.2, -0.15) is 0 Å². The third kappa shape index (κ3) is 11.9. The number of carbonyl (C=O) groups is 2. The molecule has 6 nitrogen and oxygen atoms in total. The summed E-state index contributed by atoms with van der Waals surface area (Å²) in [5.41, 5.74) is 0. The Morgan fingerprint density at radius 1 is 1.43 bits per heavy atom. The summed E-state index contributed by atoms with van der Waals surface area (Å²) < 4.78 is 4.69. The number of ether oxygens (including phenoxy) is 1. The molecule has 78 valence electrons. The molecular weight excluding hydrogens is 199 g/mol. The number of carbonyl (C=O) groups excluding carboxylic acids is 2. The van der Waals surface area contributed by atoms with Crippen LogP contribution in [0.5, 0.6) is 0 Å². The van der Waals surface area contributed by atoms with Gasteiger partial charge in [0.05, 0.1) is 19.7 Å². The van der Waals surface area contributed by atoms with Gasteiger partial charge < -0.3 is 20.5 Å². The Morgan fingerprint density at radius 3 is 2.71 bits per heavy atom. The second kappa shape index (κ2) is 12.9. The van der Waals surface area contributed by atoms with E-state index in [0.29, 0.717) is 19.5 Å². The van der Waals surface area contributed by atoms with Crippen LogP contribution in [0.3, 0.4) is 0 Å². The van der Waals surface area contributed by atoms with E-state index in [1.54, 1.807) is 0 Å². The van der Waals surface area contributed by atoms with Crippen molar-refractivity contribution in [3.05, 3.63) is 0 Å². The van der Waals surface area contributed by atoms with E-state index in [1.807, 2.05) is 0 Å². The van der Waals surface area contributed by atoms with Crippen LogP contribution >= 0.6 is 0 Å². The third-order valence-electron chi connectivity index (χ3n) is 1.15. The summed E-state index contributed by atoms with van der Waals surface area (Å²) in [6.45, 7) is 0.900. The summed E-state index contributed by atoms with van der Waals surface area (Å²) in [6.07, 6.45) is 0.540. The van der Waals surface area contributed by atoms with Crippen LogP contribution in [0.25, 0.3) is 0 Å². The van der Waals surface area contributed by atoms with Crippen LogP contribution in [0, 0.1) is 0 Å². The first-order valence-corrected chi connectivity index (χ1v) is 3.95. The van der Waals surface area contributed by atoms with E-state index < -0.39 is 5.97 Å². The maximum atomic E-state index is 10.8. The van der Waals surface area contributed by atoms with Gasteiger partial charge in [0.15, 0.2) is 0 Å². The SMILES string of the molecule is O=CNCCOC(=O)CNCCO.[NaH]. The standard InChI is InChI=1S/C7H14N2O4.Na.H/c10-3-1-8-5-7(12)13-4-2-9-6-11;;/h6,8,10H,1-5H2,(H,9,11);;. The van der Waals surface area contributed by atoms with Crippen molar-refractivity contribution in [1.29, 1.82) is 0 Å². The minimum atomic E-state index is -0.402. The number of amides is 1. The molecule has 0 aliphatic heterocycles. The van der Waals surface area contributed by atoms with Crippen LogP contribution < -0.4 is 10.6 Å². The van der Waals surface area contributed by atoms with Crippen molar-refractivity contribution in [2.45, 2.75) is 0 Å². The van der Waals surface area contributed by atoms with E-state index in [9.17, 15) is 9.59 Å². The number of aliphatic hydroxyl groups excluding tert-OH is 1. The first-order chi connectivity index (χ1) is 6.31. The van der Waals surface area contributed by atoms with Crippen molar-refractivity contribution in [3.63, 3.8) is 0 Å². The zero-order chi connectivity index (χ0) is 9.94. The molecule has 7 heteroatoms. The number of esters is 1. The van der Waals surface area contributed by atoms with Crippen LogP contribution in [0.2, 0.25) is 0 Å². The fourth-order valence-corrected chi connectivity index (χ4v) is 0.603. The molecule has 1 amide bonds. The first-order valence-electron chi connectivity index (χ1n) is 3.95. The predicted octanol–water partition coefficient (Wildman–Crippen LogP) is -2.79. The minimum absolute atomic E-state index is 0. The second-order valence-electron chi connectivity index (χ2n) is 2.19. The Labute approximate surface area is 105 Å². The Bertz CT molecular complexity index is 157. The molecule has 0 saturated carbocycles. The molecular formula is C7H15N2NaO4. The van der Waals surface area contributed by atoms with Gasteiger partial charge >= 0.3 is 35.5 Å². The van der Waals surface area contributed by atoms with Gasteiger partial charge in [0, 0.05) is 6.54 Å². The van der Waals surface area contributed by atoms with Crippen molar-refractivity contribution in [2.75, 3.05) is 32.8 Å². The van der Waals surface area contributed by atoms with E-state index in [1.165, 1.54) is 0 Å². The molecule has 0 bridgehead atoms. The zero-order valence-corrected chi connectivity index (χ0v) is 7.28. The first kappa shape index (κ1) is 16.3. The summed E-state index contributed by atoms with van der Waals surface area (Å²) in [5, 5.41) is 13.4. The molecule has 0 aliphatic rings. The average Bonchev–Trinajstić information content (AvgIpc) is 2.13. The molecule has 0 aromatic rings. The molecule has 0 rings (SSSR count). The van der Waals surface area contributed by atoms with Crippen molar-refractivity contribution >= 4 is 41.9 Å². The van der Waals surface area contributed by atoms with Gasteiger partial charge in [0.1, 0.15) is 6.61 Å². The van der Waals surface area contributed by atoms with E-state index in [0.717, 1.165) is 0 Å². The van der Waals surface area contributed by atoms with Crippen LogP contribution in [0.1, 0.15) is 0 Å². The molecule has 0 aliphatic carbocycles. The van der Waals surface area contributed by atoms with E-state index >= 15 is 0 Å². The van der Waals surface area contributed by atoms with Crippen LogP contribution in [0.15, 0.2) is 0 Å². The van der Waals surface area contributed by atoms with Crippen molar-refractivity contribution in [2.24, 2.45) is 0 Å². The van der Waals surface area contributed by atoms with Gasteiger partial charge in [-0.15, -0.1) is 0 Å². The summed E-state index contributed by atoms with van der Waals surface area (Å²) in [6, 6.07) is 0. The number of hydrogen-bond acceptors (Lipinski definition) is 5. The molecule has 0 aromatic carbocycles. The number of hydrogen-bond donors (Lipinski definition) is 3. The Kier molecular flexibility index (Phi) is 15.0. The molecule has 0 aromatic heterocycles. The van der Waals surface area contributed by atoms with E-state index in [2.05, 4.69) is 15.4 Å². The molecule has 0 heterocycles. The van der Waals surface area contributed by atoms with Crippen LogP contribution in [-0.2, 0) is 14.3 Å². The predicted molar refractivity (Wildman–Crippen MR) is 52.1 cm³/mol. The number of nitrogens with one attached hydrogen (secondary N) is 2. The Morgan fingerprint density at radius 2 is 2.14 bits per heavy atom. The molecule has 0 spiro atoms. The zero-order valence-electron chi connectivity index (χ0n) is 7.28. The average molecular weight is 214 g/mol. The van der Waals surface area contributed by atoms with Gasteiger partial charge in [-0.3, -0.25) is 9.59 Å². The number of rotatable bonds is 8. The molecule has 3 N–H and O–H groups in total. The van der Waals surface area contributed by atoms with E-state index in [-0.39, 0.29) is 49.3 Å². The molecule has 0 atom stereocenters. The quantitative estimate of drug-likeness (QED) is 0.176. The fourth-order valence-electron chi connectivity index (χ4n) is 0.603.